The molecular weight excluding hydrogens is 523 g/mol. The Labute approximate surface area is 261 Å². The van der Waals surface area contributed by atoms with Gasteiger partial charge in [0.05, 0.1) is 0 Å². The predicted octanol–water partition coefficient (Wildman–Crippen LogP) is 13.3. The average Bonchev–Trinajstić information content (AvgIpc) is 2.89. The fourth-order valence-corrected chi connectivity index (χ4v) is 7.94. The van der Waals surface area contributed by atoms with Crippen LogP contribution in [-0.2, 0) is 0 Å². The molecule has 0 aliphatic carbocycles. The molecule has 0 bridgehead atoms. The molecule has 0 amide bonds. The summed E-state index contributed by atoms with van der Waals surface area (Å²) in [7, 11) is -0.472. The van der Waals surface area contributed by atoms with E-state index in [9.17, 15) is 0 Å². The van der Waals surface area contributed by atoms with Crippen molar-refractivity contribution >= 4 is 13.2 Å². The summed E-state index contributed by atoms with van der Waals surface area (Å²) in [5, 5.41) is 1.77. The fraction of sp³-hybridized carbons (Fsp3) is 0.561. The third-order valence-corrected chi connectivity index (χ3v) is 12.3. The van der Waals surface area contributed by atoms with Gasteiger partial charge in [0.15, 0.2) is 0 Å². The van der Waals surface area contributed by atoms with Crippen molar-refractivity contribution in [3.05, 3.63) is 75.8 Å². The quantitative estimate of drug-likeness (QED) is 0.219. The second-order valence-electron chi connectivity index (χ2n) is 15.5. The van der Waals surface area contributed by atoms with Crippen molar-refractivity contribution in [2.45, 2.75) is 145 Å². The van der Waals surface area contributed by atoms with Crippen LogP contribution in [0.5, 0.6) is 0 Å². The molecule has 0 aliphatic heterocycles. The van der Waals surface area contributed by atoms with E-state index in [2.05, 4.69) is 153 Å². The van der Waals surface area contributed by atoms with Crippen molar-refractivity contribution in [1.82, 2.24) is 0 Å². The van der Waals surface area contributed by atoms with Gasteiger partial charge in [-0.25, -0.2) is 0 Å². The van der Waals surface area contributed by atoms with Crippen LogP contribution >= 0.6 is 7.92 Å². The summed E-state index contributed by atoms with van der Waals surface area (Å²) >= 11 is 0. The van der Waals surface area contributed by atoms with Crippen molar-refractivity contribution in [3.63, 3.8) is 0 Å². The lowest BCUT2D eigenvalue weighted by atomic mass is 9.79. The molecule has 1 unspecified atom stereocenters. The van der Waals surface area contributed by atoms with Crippen LogP contribution in [-0.4, -0.2) is 11.8 Å². The molecule has 0 fully saturated rings. The van der Waals surface area contributed by atoms with E-state index < -0.39 is 7.92 Å². The largest absolute Gasteiger partial charge is 0.0716 e. The molecule has 0 radical (unpaired) electrons. The van der Waals surface area contributed by atoms with Crippen molar-refractivity contribution in [3.8, 4) is 22.3 Å². The van der Waals surface area contributed by atoms with Crippen LogP contribution in [0.3, 0.4) is 0 Å². The van der Waals surface area contributed by atoms with Gasteiger partial charge in [-0.2, -0.15) is 0 Å². The normalized spacial score (nSPS) is 13.5. The molecule has 0 spiro atoms. The molecule has 0 heterocycles. The van der Waals surface area contributed by atoms with Crippen LogP contribution in [0.1, 0.15) is 173 Å². The second-order valence-corrected chi connectivity index (χ2v) is 18.4. The maximum atomic E-state index is 2.54. The fourth-order valence-electron chi connectivity index (χ4n) is 6.18. The zero-order valence-electron chi connectivity index (χ0n) is 30.0. The van der Waals surface area contributed by atoms with E-state index in [0.717, 1.165) is 0 Å². The van der Waals surface area contributed by atoms with E-state index in [-0.39, 0.29) is 5.16 Å². The highest BCUT2D eigenvalue weighted by Gasteiger charge is 2.31. The monoisotopic (exact) mass is 584 g/mol. The lowest BCUT2D eigenvalue weighted by Crippen LogP contribution is -2.23. The van der Waals surface area contributed by atoms with Crippen LogP contribution in [0.15, 0.2) is 42.5 Å². The Hall–Kier alpha value is -1.91. The van der Waals surface area contributed by atoms with Crippen LogP contribution in [0, 0.1) is 0 Å². The zero-order chi connectivity index (χ0) is 31.8. The number of hydrogen-bond donors (Lipinski definition) is 0. The minimum absolute atomic E-state index is 0.182. The average molecular weight is 585 g/mol. The van der Waals surface area contributed by atoms with Crippen molar-refractivity contribution in [1.29, 1.82) is 0 Å². The Morgan fingerprint density at radius 1 is 0.476 bits per heavy atom. The standard InChI is InChI=1S/C41H61P/c1-24(2)30-20-34(26(5)6)38(35(21-30)27(7)8)32-18-17-19-33(40(32)42(16)41(13,14)15)39-36(28(9)10)22-31(25(3)4)23-37(39)29(11)12/h17-29H,1-16H3. The smallest absolute Gasteiger partial charge is 0.00813 e. The summed E-state index contributed by atoms with van der Waals surface area (Å²) in [5.74, 6) is 2.83. The SMILES string of the molecule is CC(C)c1cc(C(C)C)c(-c2cccc(-c3c(C(C)C)cc(C(C)C)cc3C(C)C)c2P(C)C(C)(C)C)c(C(C)C)c1. The van der Waals surface area contributed by atoms with Gasteiger partial charge in [-0.3, -0.25) is 0 Å². The van der Waals surface area contributed by atoms with E-state index in [4.69, 9.17) is 0 Å². The molecule has 3 aromatic carbocycles. The Bertz CT molecular complexity index is 1220. The first-order valence-corrected chi connectivity index (χ1v) is 18.4. The minimum Gasteiger partial charge on any atom is -0.0716 e. The first-order valence-electron chi connectivity index (χ1n) is 16.6. The highest BCUT2D eigenvalue weighted by Crippen LogP contribution is 2.52. The predicted molar refractivity (Wildman–Crippen MR) is 194 cm³/mol. The highest BCUT2D eigenvalue weighted by atomic mass is 31.1. The molecule has 3 rings (SSSR count). The highest BCUT2D eigenvalue weighted by molar-refractivity contribution is 7.67. The van der Waals surface area contributed by atoms with Gasteiger partial charge in [0, 0.05) is 0 Å². The molecule has 230 valence electrons. The number of hydrogen-bond acceptors (Lipinski definition) is 0. The molecule has 0 N–H and O–H groups in total. The van der Waals surface area contributed by atoms with Gasteiger partial charge in [-0.1, -0.05) is 154 Å². The van der Waals surface area contributed by atoms with Crippen LogP contribution in [0.2, 0.25) is 0 Å². The molecular formula is C41H61P. The van der Waals surface area contributed by atoms with Crippen LogP contribution in [0.4, 0.5) is 0 Å². The Kier molecular flexibility index (Phi) is 11.0. The van der Waals surface area contributed by atoms with Gasteiger partial charge in [0.25, 0.3) is 0 Å². The molecule has 1 heteroatoms. The minimum atomic E-state index is -0.472. The lowest BCUT2D eigenvalue weighted by Gasteiger charge is -2.35. The Morgan fingerprint density at radius 2 is 0.762 bits per heavy atom. The number of rotatable bonds is 9. The molecule has 0 aliphatic rings. The van der Waals surface area contributed by atoms with Gasteiger partial charge in [0.1, 0.15) is 0 Å². The van der Waals surface area contributed by atoms with Crippen LogP contribution in [0.25, 0.3) is 22.3 Å². The zero-order valence-corrected chi connectivity index (χ0v) is 30.8. The number of benzene rings is 3. The first kappa shape index (κ1) is 34.6. The van der Waals surface area contributed by atoms with Crippen molar-refractivity contribution in [2.24, 2.45) is 0 Å². The van der Waals surface area contributed by atoms with Gasteiger partial charge in [-0.05, 0) is 108 Å². The molecule has 1 atom stereocenters. The van der Waals surface area contributed by atoms with Gasteiger partial charge in [-0.15, -0.1) is 0 Å². The first-order chi connectivity index (χ1) is 19.4. The van der Waals surface area contributed by atoms with Crippen molar-refractivity contribution < 1.29 is 0 Å². The van der Waals surface area contributed by atoms with E-state index >= 15 is 0 Å². The van der Waals surface area contributed by atoms with E-state index in [1.165, 1.54) is 55.6 Å². The van der Waals surface area contributed by atoms with E-state index in [1.807, 2.05) is 0 Å². The van der Waals surface area contributed by atoms with Gasteiger partial charge in [0.2, 0.25) is 0 Å². The molecule has 0 nitrogen and oxygen atoms in total. The Balaban J connectivity index is 2.64. The van der Waals surface area contributed by atoms with Crippen molar-refractivity contribution in [2.75, 3.05) is 6.66 Å². The maximum Gasteiger partial charge on any atom is -0.00813 e. The van der Waals surface area contributed by atoms with E-state index in [1.54, 1.807) is 5.30 Å². The molecule has 3 aromatic rings. The summed E-state index contributed by atoms with van der Waals surface area (Å²) < 4.78 is 0. The maximum absolute atomic E-state index is 2.54. The van der Waals surface area contributed by atoms with Gasteiger partial charge >= 0.3 is 0 Å². The summed E-state index contributed by atoms with van der Waals surface area (Å²) in [6, 6.07) is 17.4. The lowest BCUT2D eigenvalue weighted by molar-refractivity contribution is 0.790. The van der Waals surface area contributed by atoms with E-state index in [0.29, 0.717) is 35.5 Å². The summed E-state index contributed by atoms with van der Waals surface area (Å²) in [4.78, 5) is 0. The summed E-state index contributed by atoms with van der Waals surface area (Å²) in [5.41, 5.74) is 14.9. The molecule has 0 saturated carbocycles. The third-order valence-electron chi connectivity index (χ3n) is 9.18. The topological polar surface area (TPSA) is 0 Å². The summed E-state index contributed by atoms with van der Waals surface area (Å²) in [6.45, 7) is 38.3. The summed E-state index contributed by atoms with van der Waals surface area (Å²) in [6.07, 6.45) is 0. The third kappa shape index (κ3) is 7.07. The van der Waals surface area contributed by atoms with Gasteiger partial charge < -0.3 is 0 Å². The molecule has 0 saturated heterocycles. The molecule has 42 heavy (non-hydrogen) atoms. The molecule has 0 aromatic heterocycles. The second kappa shape index (κ2) is 13.4. The van der Waals surface area contributed by atoms with Crippen LogP contribution < -0.4 is 5.30 Å². The Morgan fingerprint density at radius 3 is 0.976 bits per heavy atom.